The summed E-state index contributed by atoms with van der Waals surface area (Å²) in [5.74, 6) is 0.723. The summed E-state index contributed by atoms with van der Waals surface area (Å²) in [4.78, 5) is 15.7. The number of nitrogens with one attached hydrogen (secondary N) is 2. The van der Waals surface area contributed by atoms with Gasteiger partial charge in [-0.1, -0.05) is 24.3 Å². The highest BCUT2D eigenvalue weighted by molar-refractivity contribution is 5.82. The first kappa shape index (κ1) is 11.0. The van der Waals surface area contributed by atoms with E-state index in [-0.39, 0.29) is 5.56 Å². The third-order valence-electron chi connectivity index (χ3n) is 2.23. The van der Waals surface area contributed by atoms with Crippen molar-refractivity contribution in [3.05, 3.63) is 65.1 Å². The largest absolute Gasteiger partial charge is 0.385 e. The Morgan fingerprint density at radius 2 is 1.76 bits per heavy atom. The number of H-pyrrole nitrogens is 2. The lowest BCUT2D eigenvalue weighted by Crippen LogP contribution is -1.98. The smallest absolute Gasteiger partial charge is 0.247 e. The first-order chi connectivity index (χ1) is 8.25. The minimum atomic E-state index is -0.0532. The standard InChI is InChI=1S/C8H8N2.C5H5NO/c9-8-5-6-3-1-2-4-7(6)10-8;7-5-3-1-2-4-6-5/h1-5,10H,9H2;1-4H,(H,6,7). The Labute approximate surface area is 98.1 Å². The zero-order chi connectivity index (χ0) is 12.1. The van der Waals surface area contributed by atoms with Gasteiger partial charge in [-0.15, -0.1) is 0 Å². The van der Waals surface area contributed by atoms with E-state index in [9.17, 15) is 4.79 Å². The van der Waals surface area contributed by atoms with Crippen LogP contribution in [0.25, 0.3) is 10.9 Å². The van der Waals surface area contributed by atoms with E-state index >= 15 is 0 Å². The van der Waals surface area contributed by atoms with Crippen LogP contribution in [0.15, 0.2) is 59.5 Å². The normalized spacial score (nSPS) is 9.65. The van der Waals surface area contributed by atoms with E-state index in [0.29, 0.717) is 0 Å². The number of fused-ring (bicyclic) bond motifs is 1. The fourth-order valence-corrected chi connectivity index (χ4v) is 1.47. The molecule has 0 saturated heterocycles. The van der Waals surface area contributed by atoms with Crippen molar-refractivity contribution in [1.82, 2.24) is 9.97 Å². The van der Waals surface area contributed by atoms with Gasteiger partial charge in [-0.25, -0.2) is 0 Å². The number of nitrogen functional groups attached to an aromatic ring is 1. The number of aromatic nitrogens is 2. The van der Waals surface area contributed by atoms with Gasteiger partial charge >= 0.3 is 0 Å². The molecule has 4 heteroatoms. The van der Waals surface area contributed by atoms with Crippen molar-refractivity contribution in [2.24, 2.45) is 0 Å². The molecule has 0 aliphatic carbocycles. The average molecular weight is 227 g/mol. The molecule has 0 bridgehead atoms. The second-order valence-electron chi connectivity index (χ2n) is 3.54. The van der Waals surface area contributed by atoms with E-state index in [1.54, 1.807) is 18.3 Å². The van der Waals surface area contributed by atoms with Crippen molar-refractivity contribution in [3.63, 3.8) is 0 Å². The van der Waals surface area contributed by atoms with Crippen LogP contribution in [-0.2, 0) is 0 Å². The number of pyridine rings is 1. The Balaban J connectivity index is 0.000000136. The maximum atomic E-state index is 10.2. The molecular weight excluding hydrogens is 214 g/mol. The van der Waals surface area contributed by atoms with E-state index in [2.05, 4.69) is 9.97 Å². The molecule has 0 spiro atoms. The van der Waals surface area contributed by atoms with Crippen LogP contribution in [0.5, 0.6) is 0 Å². The third-order valence-corrected chi connectivity index (χ3v) is 2.23. The lowest BCUT2D eigenvalue weighted by molar-refractivity contribution is 1.24. The number of hydrogen-bond acceptors (Lipinski definition) is 2. The molecule has 0 fully saturated rings. The summed E-state index contributed by atoms with van der Waals surface area (Å²) in [6, 6.07) is 14.9. The van der Waals surface area contributed by atoms with Crippen molar-refractivity contribution < 1.29 is 0 Å². The van der Waals surface area contributed by atoms with Gasteiger partial charge in [0.2, 0.25) is 5.56 Å². The summed E-state index contributed by atoms with van der Waals surface area (Å²) in [6.45, 7) is 0. The Morgan fingerprint density at radius 1 is 1.00 bits per heavy atom. The highest BCUT2D eigenvalue weighted by atomic mass is 16.1. The Hall–Kier alpha value is -2.49. The monoisotopic (exact) mass is 227 g/mol. The number of benzene rings is 1. The lowest BCUT2D eigenvalue weighted by Gasteiger charge is -1.83. The van der Waals surface area contributed by atoms with Gasteiger partial charge in [-0.3, -0.25) is 4.79 Å². The number of para-hydroxylation sites is 1. The molecule has 2 heterocycles. The summed E-state index contributed by atoms with van der Waals surface area (Å²) in [6.07, 6.45) is 1.60. The van der Waals surface area contributed by atoms with E-state index in [1.165, 1.54) is 11.5 Å². The molecule has 1 aromatic carbocycles. The average Bonchev–Trinajstić information content (AvgIpc) is 2.71. The first-order valence-corrected chi connectivity index (χ1v) is 5.22. The number of nitrogens with two attached hydrogens (primary N) is 1. The lowest BCUT2D eigenvalue weighted by atomic mass is 10.3. The maximum Gasteiger partial charge on any atom is 0.247 e. The number of rotatable bonds is 0. The van der Waals surface area contributed by atoms with Crippen LogP contribution in [-0.4, -0.2) is 9.97 Å². The van der Waals surface area contributed by atoms with Crippen LogP contribution in [0.2, 0.25) is 0 Å². The first-order valence-electron chi connectivity index (χ1n) is 5.22. The maximum absolute atomic E-state index is 10.2. The Morgan fingerprint density at radius 3 is 2.35 bits per heavy atom. The van der Waals surface area contributed by atoms with Gasteiger partial charge in [-0.05, 0) is 18.2 Å². The van der Waals surface area contributed by atoms with Gasteiger partial charge in [-0.2, -0.15) is 0 Å². The second-order valence-corrected chi connectivity index (χ2v) is 3.54. The van der Waals surface area contributed by atoms with Gasteiger partial charge in [0, 0.05) is 23.2 Å². The van der Waals surface area contributed by atoms with E-state index in [0.717, 1.165) is 11.3 Å². The molecule has 0 saturated carbocycles. The number of anilines is 1. The number of aromatic amines is 2. The van der Waals surface area contributed by atoms with Crippen molar-refractivity contribution in [3.8, 4) is 0 Å². The van der Waals surface area contributed by atoms with Crippen LogP contribution in [0, 0.1) is 0 Å². The zero-order valence-corrected chi connectivity index (χ0v) is 9.18. The molecule has 0 aliphatic rings. The van der Waals surface area contributed by atoms with Gasteiger partial charge < -0.3 is 15.7 Å². The summed E-state index contributed by atoms with van der Waals surface area (Å²) in [5.41, 5.74) is 6.58. The molecule has 0 amide bonds. The van der Waals surface area contributed by atoms with Crippen LogP contribution in [0.1, 0.15) is 0 Å². The molecule has 2 aromatic heterocycles. The molecule has 0 atom stereocenters. The van der Waals surface area contributed by atoms with Gasteiger partial charge in [0.25, 0.3) is 0 Å². The fraction of sp³-hybridized carbons (Fsp3) is 0. The topological polar surface area (TPSA) is 74.7 Å². The molecule has 0 unspecified atom stereocenters. The van der Waals surface area contributed by atoms with Gasteiger partial charge in [0.05, 0.1) is 0 Å². The van der Waals surface area contributed by atoms with E-state index in [1.807, 2.05) is 30.3 Å². The molecule has 4 nitrogen and oxygen atoms in total. The fourth-order valence-electron chi connectivity index (χ4n) is 1.47. The van der Waals surface area contributed by atoms with Crippen LogP contribution < -0.4 is 11.3 Å². The van der Waals surface area contributed by atoms with Crippen LogP contribution in [0.4, 0.5) is 5.82 Å². The summed E-state index contributed by atoms with van der Waals surface area (Å²) >= 11 is 0. The summed E-state index contributed by atoms with van der Waals surface area (Å²) in [5, 5.41) is 1.17. The van der Waals surface area contributed by atoms with Gasteiger partial charge in [0.1, 0.15) is 5.82 Å². The molecular formula is C13H13N3O. The molecule has 3 rings (SSSR count). The highest BCUT2D eigenvalue weighted by Gasteiger charge is 1.92. The van der Waals surface area contributed by atoms with Crippen LogP contribution in [0.3, 0.4) is 0 Å². The van der Waals surface area contributed by atoms with Crippen molar-refractivity contribution in [2.45, 2.75) is 0 Å². The Bertz CT molecular complexity index is 604. The van der Waals surface area contributed by atoms with E-state index in [4.69, 9.17) is 5.73 Å². The predicted octanol–water partition coefficient (Wildman–Crippen LogP) is 2.12. The van der Waals surface area contributed by atoms with Crippen LogP contribution >= 0.6 is 0 Å². The van der Waals surface area contributed by atoms with Crippen molar-refractivity contribution in [1.29, 1.82) is 0 Å². The second kappa shape index (κ2) is 5.03. The highest BCUT2D eigenvalue weighted by Crippen LogP contribution is 2.14. The van der Waals surface area contributed by atoms with E-state index < -0.39 is 0 Å². The third kappa shape index (κ3) is 2.98. The Kier molecular flexibility index (Phi) is 3.25. The molecule has 3 aromatic rings. The van der Waals surface area contributed by atoms with Crippen molar-refractivity contribution >= 4 is 16.7 Å². The number of hydrogen-bond donors (Lipinski definition) is 3. The minimum absolute atomic E-state index is 0.0532. The summed E-state index contributed by atoms with van der Waals surface area (Å²) in [7, 11) is 0. The zero-order valence-electron chi connectivity index (χ0n) is 9.18. The molecule has 17 heavy (non-hydrogen) atoms. The quantitative estimate of drug-likeness (QED) is 0.550. The molecule has 4 N–H and O–H groups in total. The molecule has 86 valence electrons. The predicted molar refractivity (Wildman–Crippen MR) is 69.8 cm³/mol. The minimum Gasteiger partial charge on any atom is -0.385 e. The SMILES string of the molecule is Nc1cc2ccccc2[nH]1.O=c1cccc[nH]1. The summed E-state index contributed by atoms with van der Waals surface area (Å²) < 4.78 is 0. The molecule has 0 radical (unpaired) electrons. The van der Waals surface area contributed by atoms with Gasteiger partial charge in [0.15, 0.2) is 0 Å². The van der Waals surface area contributed by atoms with Crippen molar-refractivity contribution in [2.75, 3.05) is 5.73 Å². The molecule has 0 aliphatic heterocycles.